The lowest BCUT2D eigenvalue weighted by Crippen LogP contribution is -2.00. The summed E-state index contributed by atoms with van der Waals surface area (Å²) in [5.41, 5.74) is 7.42. The molecular formula is C30H36N2. The molecule has 3 aromatic carbocycles. The molecule has 0 spiro atoms. The van der Waals surface area contributed by atoms with Crippen LogP contribution in [0.3, 0.4) is 0 Å². The van der Waals surface area contributed by atoms with Gasteiger partial charge in [0.1, 0.15) is 0 Å². The minimum Gasteiger partial charge on any atom is -0.252 e. The Labute approximate surface area is 194 Å². The van der Waals surface area contributed by atoms with Crippen molar-refractivity contribution in [2.75, 3.05) is 0 Å². The van der Waals surface area contributed by atoms with Gasteiger partial charge in [-0.15, -0.1) is 0 Å². The van der Waals surface area contributed by atoms with E-state index >= 15 is 0 Å². The number of aromatic nitrogens is 2. The maximum Gasteiger partial charge on any atom is 0.0972 e. The first-order valence-corrected chi connectivity index (χ1v) is 11.8. The van der Waals surface area contributed by atoms with Gasteiger partial charge in [0.15, 0.2) is 0 Å². The van der Waals surface area contributed by atoms with Crippen LogP contribution in [-0.2, 0) is 0 Å². The number of benzene rings is 3. The molecule has 0 aliphatic carbocycles. The second kappa shape index (κ2) is 13.2. The Balaban J connectivity index is 0.000000860. The summed E-state index contributed by atoms with van der Waals surface area (Å²) in [7, 11) is 0. The van der Waals surface area contributed by atoms with E-state index in [0.717, 1.165) is 34.6 Å². The van der Waals surface area contributed by atoms with Crippen molar-refractivity contribution in [3.63, 3.8) is 0 Å². The molecule has 0 fully saturated rings. The van der Waals surface area contributed by atoms with Gasteiger partial charge in [-0.05, 0) is 17.9 Å². The third-order valence-corrected chi connectivity index (χ3v) is 5.25. The highest BCUT2D eigenvalue weighted by Crippen LogP contribution is 2.36. The number of hydrogen-bond acceptors (Lipinski definition) is 2. The highest BCUT2D eigenvalue weighted by molar-refractivity contribution is 5.81. The van der Waals surface area contributed by atoms with Gasteiger partial charge in [0.05, 0.1) is 23.3 Å². The number of rotatable bonds is 5. The number of hydrogen-bond donors (Lipinski definition) is 0. The predicted molar refractivity (Wildman–Crippen MR) is 140 cm³/mol. The summed E-state index contributed by atoms with van der Waals surface area (Å²) in [6, 6.07) is 29.2. The van der Waals surface area contributed by atoms with Crippen LogP contribution in [0.4, 0.5) is 0 Å². The molecule has 0 amide bonds. The van der Waals surface area contributed by atoms with E-state index in [1.54, 1.807) is 0 Å². The zero-order valence-corrected chi connectivity index (χ0v) is 20.3. The van der Waals surface area contributed by atoms with E-state index in [9.17, 15) is 0 Å². The Morgan fingerprint density at radius 1 is 0.656 bits per heavy atom. The van der Waals surface area contributed by atoms with Crippen LogP contribution in [0.1, 0.15) is 59.4 Å². The molecule has 2 heteroatoms. The van der Waals surface area contributed by atoms with Crippen LogP contribution in [-0.4, -0.2) is 9.97 Å². The molecule has 1 atom stereocenters. The predicted octanol–water partition coefficient (Wildman–Crippen LogP) is 9.04. The van der Waals surface area contributed by atoms with E-state index < -0.39 is 0 Å². The molecule has 1 heterocycles. The van der Waals surface area contributed by atoms with Gasteiger partial charge in [-0.1, -0.05) is 126 Å². The molecular weight excluding hydrogens is 388 g/mol. The van der Waals surface area contributed by atoms with Gasteiger partial charge in [-0.2, -0.15) is 0 Å². The van der Waals surface area contributed by atoms with Gasteiger partial charge in [0.2, 0.25) is 0 Å². The standard InChI is InChI=1S/C26H24N2.2C2H6/c1-3-19(2)22-16-10-11-17-23(22)26-25(21-14-8-5-9-15-21)28-24(18-27-26)20-12-6-4-7-13-20;2*1-2/h4-19H,3H2,1-2H3;2*1-2H3. The first-order valence-electron chi connectivity index (χ1n) is 11.8. The Kier molecular flexibility index (Phi) is 10.3. The van der Waals surface area contributed by atoms with Crippen molar-refractivity contribution < 1.29 is 0 Å². The summed E-state index contributed by atoms with van der Waals surface area (Å²) in [6.07, 6.45) is 2.98. The SMILES string of the molecule is CC.CC.CCC(C)c1ccccc1-c1ncc(-c2ccccc2)nc1-c1ccccc1. The van der Waals surface area contributed by atoms with Crippen LogP contribution in [0.5, 0.6) is 0 Å². The van der Waals surface area contributed by atoms with Crippen LogP contribution in [0.15, 0.2) is 91.1 Å². The molecule has 4 rings (SSSR count). The fourth-order valence-corrected chi connectivity index (χ4v) is 3.49. The lowest BCUT2D eigenvalue weighted by Gasteiger charge is -2.17. The van der Waals surface area contributed by atoms with Gasteiger partial charge in [0.25, 0.3) is 0 Å². The molecule has 0 saturated heterocycles. The first-order chi connectivity index (χ1) is 15.8. The van der Waals surface area contributed by atoms with Gasteiger partial charge < -0.3 is 0 Å². The van der Waals surface area contributed by atoms with E-state index in [1.807, 2.05) is 58.2 Å². The van der Waals surface area contributed by atoms with Crippen molar-refractivity contribution in [2.24, 2.45) is 0 Å². The molecule has 0 N–H and O–H groups in total. The Hall–Kier alpha value is -3.26. The molecule has 1 aromatic heterocycles. The fraction of sp³-hybridized carbons (Fsp3) is 0.267. The van der Waals surface area contributed by atoms with E-state index in [-0.39, 0.29) is 0 Å². The van der Waals surface area contributed by atoms with Crippen LogP contribution < -0.4 is 0 Å². The molecule has 2 nitrogen and oxygen atoms in total. The lowest BCUT2D eigenvalue weighted by atomic mass is 9.90. The molecule has 1 unspecified atom stereocenters. The van der Waals surface area contributed by atoms with Crippen molar-refractivity contribution in [1.82, 2.24) is 9.97 Å². The second-order valence-corrected chi connectivity index (χ2v) is 7.08. The third-order valence-electron chi connectivity index (χ3n) is 5.25. The first kappa shape index (κ1) is 25.0. The summed E-state index contributed by atoms with van der Waals surface area (Å²) in [4.78, 5) is 9.97. The Bertz CT molecular complexity index is 1060. The van der Waals surface area contributed by atoms with Crippen LogP contribution in [0, 0.1) is 0 Å². The van der Waals surface area contributed by atoms with Gasteiger partial charge >= 0.3 is 0 Å². The van der Waals surface area contributed by atoms with Crippen LogP contribution in [0.25, 0.3) is 33.8 Å². The minimum absolute atomic E-state index is 0.468. The van der Waals surface area contributed by atoms with E-state index in [0.29, 0.717) is 5.92 Å². The van der Waals surface area contributed by atoms with Crippen molar-refractivity contribution in [3.8, 4) is 33.8 Å². The Morgan fingerprint density at radius 3 is 1.78 bits per heavy atom. The smallest absolute Gasteiger partial charge is 0.0972 e. The molecule has 0 aliphatic heterocycles. The Morgan fingerprint density at radius 2 is 1.19 bits per heavy atom. The summed E-state index contributed by atoms with van der Waals surface area (Å²) < 4.78 is 0. The van der Waals surface area contributed by atoms with Crippen LogP contribution in [0.2, 0.25) is 0 Å². The molecule has 0 bridgehead atoms. The zero-order chi connectivity index (χ0) is 23.3. The monoisotopic (exact) mass is 424 g/mol. The fourth-order valence-electron chi connectivity index (χ4n) is 3.49. The van der Waals surface area contributed by atoms with E-state index in [2.05, 4.69) is 74.5 Å². The molecule has 0 radical (unpaired) electrons. The lowest BCUT2D eigenvalue weighted by molar-refractivity contribution is 0.735. The summed E-state index contributed by atoms with van der Waals surface area (Å²) >= 11 is 0. The van der Waals surface area contributed by atoms with Crippen molar-refractivity contribution >= 4 is 0 Å². The topological polar surface area (TPSA) is 25.8 Å². The van der Waals surface area contributed by atoms with Crippen LogP contribution >= 0.6 is 0 Å². The van der Waals surface area contributed by atoms with Gasteiger partial charge in [0, 0.05) is 16.7 Å². The summed E-state index contributed by atoms with van der Waals surface area (Å²) in [5.74, 6) is 0.468. The minimum atomic E-state index is 0.468. The van der Waals surface area contributed by atoms with Crippen molar-refractivity contribution in [3.05, 3.63) is 96.7 Å². The molecule has 166 valence electrons. The number of nitrogens with zero attached hydrogens (tertiary/aromatic N) is 2. The zero-order valence-electron chi connectivity index (χ0n) is 20.3. The molecule has 0 saturated carbocycles. The summed E-state index contributed by atoms with van der Waals surface area (Å²) in [6.45, 7) is 12.5. The van der Waals surface area contributed by atoms with E-state index in [4.69, 9.17) is 9.97 Å². The third kappa shape index (κ3) is 5.91. The van der Waals surface area contributed by atoms with Crippen molar-refractivity contribution in [2.45, 2.75) is 53.9 Å². The van der Waals surface area contributed by atoms with E-state index in [1.165, 1.54) is 11.1 Å². The largest absolute Gasteiger partial charge is 0.252 e. The van der Waals surface area contributed by atoms with Gasteiger partial charge in [-0.3, -0.25) is 4.98 Å². The maximum absolute atomic E-state index is 5.05. The molecule has 0 aliphatic rings. The average Bonchev–Trinajstić information content (AvgIpc) is 2.91. The normalized spacial score (nSPS) is 10.8. The van der Waals surface area contributed by atoms with Gasteiger partial charge in [-0.25, -0.2) is 4.98 Å². The van der Waals surface area contributed by atoms with Crippen molar-refractivity contribution in [1.29, 1.82) is 0 Å². The quantitative estimate of drug-likeness (QED) is 0.319. The highest BCUT2D eigenvalue weighted by atomic mass is 14.8. The molecule has 4 aromatic rings. The molecule has 32 heavy (non-hydrogen) atoms. The maximum atomic E-state index is 5.05. The summed E-state index contributed by atoms with van der Waals surface area (Å²) in [5, 5.41) is 0. The highest BCUT2D eigenvalue weighted by Gasteiger charge is 2.17. The average molecular weight is 425 g/mol. The second-order valence-electron chi connectivity index (χ2n) is 7.08.